The van der Waals surface area contributed by atoms with Gasteiger partial charge in [0.1, 0.15) is 5.75 Å². The second kappa shape index (κ2) is 8.01. The van der Waals surface area contributed by atoms with Crippen LogP contribution in [0, 0.1) is 13.8 Å². The number of ether oxygens (including phenoxy) is 1. The van der Waals surface area contributed by atoms with Gasteiger partial charge in [-0.1, -0.05) is 30.0 Å². The molecule has 0 saturated heterocycles. The zero-order valence-corrected chi connectivity index (χ0v) is 15.6. The Morgan fingerprint density at radius 1 is 1.15 bits per heavy atom. The van der Waals surface area contributed by atoms with E-state index < -0.39 is 0 Å². The Morgan fingerprint density at radius 2 is 1.85 bits per heavy atom. The molecule has 0 radical (unpaired) electrons. The fraction of sp³-hybridized carbons (Fsp3) is 0.222. The maximum atomic E-state index is 12.3. The van der Waals surface area contributed by atoms with Crippen molar-refractivity contribution in [1.82, 2.24) is 20.2 Å². The van der Waals surface area contributed by atoms with Crippen molar-refractivity contribution in [2.45, 2.75) is 19.0 Å². The summed E-state index contributed by atoms with van der Waals surface area (Å²) >= 11 is 1.28. The lowest BCUT2D eigenvalue weighted by Crippen LogP contribution is -2.16. The third-order valence-corrected chi connectivity index (χ3v) is 4.76. The maximum Gasteiger partial charge on any atom is 0.234 e. The molecule has 1 amide bonds. The topological polar surface area (TPSA) is 81.9 Å². The summed E-state index contributed by atoms with van der Waals surface area (Å²) in [5, 5.41) is 15.2. The van der Waals surface area contributed by atoms with Gasteiger partial charge in [0.15, 0.2) is 0 Å². The smallest absolute Gasteiger partial charge is 0.234 e. The van der Waals surface area contributed by atoms with Gasteiger partial charge in [0.2, 0.25) is 11.1 Å². The molecule has 134 valence electrons. The van der Waals surface area contributed by atoms with E-state index in [1.165, 1.54) is 11.8 Å². The van der Waals surface area contributed by atoms with Crippen molar-refractivity contribution in [3.05, 3.63) is 53.6 Å². The third kappa shape index (κ3) is 4.02. The Hall–Kier alpha value is -2.87. The van der Waals surface area contributed by atoms with Gasteiger partial charge in [0, 0.05) is 5.69 Å². The molecule has 3 rings (SSSR count). The first-order valence-corrected chi connectivity index (χ1v) is 8.98. The number of amides is 1. The van der Waals surface area contributed by atoms with Crippen molar-refractivity contribution in [3.8, 4) is 11.4 Å². The number of carbonyl (C=O) groups is 1. The molecule has 26 heavy (non-hydrogen) atoms. The first kappa shape index (κ1) is 17.9. The lowest BCUT2D eigenvalue weighted by Gasteiger charge is -2.11. The van der Waals surface area contributed by atoms with Gasteiger partial charge in [-0.3, -0.25) is 4.79 Å². The second-order valence-electron chi connectivity index (χ2n) is 5.67. The second-order valence-corrected chi connectivity index (χ2v) is 6.62. The molecular weight excluding hydrogens is 350 g/mol. The minimum atomic E-state index is -0.100. The van der Waals surface area contributed by atoms with Gasteiger partial charge in [0.05, 0.1) is 18.6 Å². The van der Waals surface area contributed by atoms with E-state index in [0.29, 0.717) is 5.16 Å². The van der Waals surface area contributed by atoms with E-state index in [2.05, 4.69) is 20.8 Å². The van der Waals surface area contributed by atoms with Crippen molar-refractivity contribution in [3.63, 3.8) is 0 Å². The van der Waals surface area contributed by atoms with Gasteiger partial charge in [-0.05, 0) is 59.7 Å². The average molecular weight is 369 g/mol. The van der Waals surface area contributed by atoms with Crippen molar-refractivity contribution in [2.75, 3.05) is 18.2 Å². The number of hydrogen-bond donors (Lipinski definition) is 1. The number of nitrogens with one attached hydrogen (secondary N) is 1. The Balaban J connectivity index is 1.67. The van der Waals surface area contributed by atoms with Crippen LogP contribution in [-0.4, -0.2) is 39.0 Å². The molecular formula is C18H19N5O2S. The van der Waals surface area contributed by atoms with Crippen molar-refractivity contribution in [2.24, 2.45) is 0 Å². The fourth-order valence-electron chi connectivity index (χ4n) is 2.47. The highest BCUT2D eigenvalue weighted by molar-refractivity contribution is 7.99. The number of hydrogen-bond acceptors (Lipinski definition) is 6. The van der Waals surface area contributed by atoms with E-state index in [1.807, 2.05) is 56.3 Å². The molecule has 2 aromatic carbocycles. The summed E-state index contributed by atoms with van der Waals surface area (Å²) in [5.74, 6) is 0.866. The lowest BCUT2D eigenvalue weighted by molar-refractivity contribution is -0.113. The van der Waals surface area contributed by atoms with Crippen LogP contribution in [0.25, 0.3) is 5.69 Å². The number of carbonyl (C=O) groups excluding carboxylic acids is 1. The number of para-hydroxylation sites is 1. The maximum absolute atomic E-state index is 12.3. The van der Waals surface area contributed by atoms with Crippen LogP contribution in [0.4, 0.5) is 5.69 Å². The molecule has 3 aromatic rings. The predicted octanol–water partition coefficient (Wildman–Crippen LogP) is 3.02. The van der Waals surface area contributed by atoms with Crippen molar-refractivity contribution < 1.29 is 9.53 Å². The Labute approximate surface area is 155 Å². The first-order chi connectivity index (χ1) is 12.6. The van der Waals surface area contributed by atoms with E-state index in [-0.39, 0.29) is 11.7 Å². The van der Waals surface area contributed by atoms with Crippen LogP contribution >= 0.6 is 11.8 Å². The zero-order chi connectivity index (χ0) is 18.5. The molecule has 1 aromatic heterocycles. The van der Waals surface area contributed by atoms with E-state index in [1.54, 1.807) is 11.8 Å². The van der Waals surface area contributed by atoms with Crippen LogP contribution in [0.2, 0.25) is 0 Å². The minimum absolute atomic E-state index is 0.100. The largest absolute Gasteiger partial charge is 0.497 e. The summed E-state index contributed by atoms with van der Waals surface area (Å²) in [7, 11) is 1.61. The van der Waals surface area contributed by atoms with Gasteiger partial charge < -0.3 is 10.1 Å². The molecule has 0 aliphatic carbocycles. The molecule has 0 aliphatic heterocycles. The highest BCUT2D eigenvalue weighted by atomic mass is 32.2. The SMILES string of the molecule is COc1ccc(-n2nnnc2SCC(=O)Nc2c(C)cccc2C)cc1. The molecule has 1 heterocycles. The van der Waals surface area contributed by atoms with Crippen LogP contribution in [-0.2, 0) is 4.79 Å². The van der Waals surface area contributed by atoms with Gasteiger partial charge in [-0.2, -0.15) is 4.68 Å². The third-order valence-electron chi connectivity index (χ3n) is 3.84. The standard InChI is InChI=1S/C18H19N5O2S/c1-12-5-4-6-13(2)17(12)19-16(24)11-26-18-20-21-22-23(18)14-7-9-15(25-3)10-8-14/h4-10H,11H2,1-3H3,(H,19,24). The fourth-order valence-corrected chi connectivity index (χ4v) is 3.16. The summed E-state index contributed by atoms with van der Waals surface area (Å²) in [6.45, 7) is 3.94. The van der Waals surface area contributed by atoms with Crippen LogP contribution in [0.15, 0.2) is 47.6 Å². The van der Waals surface area contributed by atoms with Crippen LogP contribution in [0.1, 0.15) is 11.1 Å². The monoisotopic (exact) mass is 369 g/mol. The number of benzene rings is 2. The van der Waals surface area contributed by atoms with Crippen LogP contribution in [0.5, 0.6) is 5.75 Å². The number of nitrogens with zero attached hydrogens (tertiary/aromatic N) is 4. The molecule has 7 nitrogen and oxygen atoms in total. The summed E-state index contributed by atoms with van der Waals surface area (Å²) < 4.78 is 6.75. The van der Waals surface area contributed by atoms with Crippen molar-refractivity contribution in [1.29, 1.82) is 0 Å². The normalized spacial score (nSPS) is 10.6. The molecule has 0 spiro atoms. The Morgan fingerprint density at radius 3 is 2.50 bits per heavy atom. The van der Waals surface area contributed by atoms with E-state index >= 15 is 0 Å². The average Bonchev–Trinajstić information content (AvgIpc) is 3.12. The molecule has 0 aliphatic rings. The number of rotatable bonds is 6. The number of aryl methyl sites for hydroxylation is 2. The molecule has 0 unspecified atom stereocenters. The van der Waals surface area contributed by atoms with Gasteiger partial charge >= 0.3 is 0 Å². The lowest BCUT2D eigenvalue weighted by atomic mass is 10.1. The number of methoxy groups -OCH3 is 1. The molecule has 0 saturated carbocycles. The number of aromatic nitrogens is 4. The highest BCUT2D eigenvalue weighted by Gasteiger charge is 2.13. The molecule has 0 bridgehead atoms. The van der Waals surface area contributed by atoms with Gasteiger partial charge in [-0.15, -0.1) is 5.10 Å². The highest BCUT2D eigenvalue weighted by Crippen LogP contribution is 2.22. The molecule has 1 N–H and O–H groups in total. The van der Waals surface area contributed by atoms with E-state index in [0.717, 1.165) is 28.3 Å². The first-order valence-electron chi connectivity index (χ1n) is 8.00. The predicted molar refractivity (Wildman–Crippen MR) is 101 cm³/mol. The summed E-state index contributed by atoms with van der Waals surface area (Å²) in [5.41, 5.74) is 3.72. The number of anilines is 1. The zero-order valence-electron chi connectivity index (χ0n) is 14.8. The Bertz CT molecular complexity index is 888. The van der Waals surface area contributed by atoms with Gasteiger partial charge in [0.25, 0.3) is 0 Å². The molecule has 8 heteroatoms. The van der Waals surface area contributed by atoms with E-state index in [9.17, 15) is 4.79 Å². The number of tetrazole rings is 1. The van der Waals surface area contributed by atoms with Crippen LogP contribution < -0.4 is 10.1 Å². The minimum Gasteiger partial charge on any atom is -0.497 e. The van der Waals surface area contributed by atoms with Crippen LogP contribution in [0.3, 0.4) is 0 Å². The van der Waals surface area contributed by atoms with E-state index in [4.69, 9.17) is 4.74 Å². The van der Waals surface area contributed by atoms with Gasteiger partial charge in [-0.25, -0.2) is 0 Å². The molecule has 0 fully saturated rings. The van der Waals surface area contributed by atoms with Crippen molar-refractivity contribution >= 4 is 23.4 Å². The Kier molecular flexibility index (Phi) is 5.52. The quantitative estimate of drug-likeness (QED) is 0.673. The summed E-state index contributed by atoms with van der Waals surface area (Å²) in [4.78, 5) is 12.3. The summed E-state index contributed by atoms with van der Waals surface area (Å²) in [6, 6.07) is 13.3. The molecule has 0 atom stereocenters. The summed E-state index contributed by atoms with van der Waals surface area (Å²) in [6.07, 6.45) is 0. The number of thioether (sulfide) groups is 1.